The summed E-state index contributed by atoms with van der Waals surface area (Å²) in [5.41, 5.74) is -0.726. The molecule has 0 bridgehead atoms. The van der Waals surface area contributed by atoms with Crippen LogP contribution < -0.4 is 5.56 Å². The molecule has 1 aliphatic heterocycles. The Balaban J connectivity index is 2.07. The molecule has 0 saturated carbocycles. The molecule has 2 heterocycles. The summed E-state index contributed by atoms with van der Waals surface area (Å²) in [6, 6.07) is 8.03. The van der Waals surface area contributed by atoms with Gasteiger partial charge in [0.15, 0.2) is 0 Å². The van der Waals surface area contributed by atoms with Crippen LogP contribution in [0.25, 0.3) is 9.65 Å². The molecular formula is C16H21N2O2Se. The molecular weight excluding hydrogens is 331 g/mol. The van der Waals surface area contributed by atoms with Gasteiger partial charge < -0.3 is 0 Å². The molecule has 0 atom stereocenters. The third-order valence-corrected chi connectivity index (χ3v) is 6.96. The van der Waals surface area contributed by atoms with Crippen molar-refractivity contribution in [3.05, 3.63) is 34.6 Å². The van der Waals surface area contributed by atoms with Crippen LogP contribution in [0.4, 0.5) is 0 Å². The quantitative estimate of drug-likeness (QED) is 0.741. The van der Waals surface area contributed by atoms with Gasteiger partial charge in [-0.1, -0.05) is 0 Å². The van der Waals surface area contributed by atoms with E-state index in [4.69, 9.17) is 0 Å². The molecule has 0 aliphatic carbocycles. The van der Waals surface area contributed by atoms with Crippen molar-refractivity contribution in [1.82, 2.24) is 8.63 Å². The summed E-state index contributed by atoms with van der Waals surface area (Å²) in [5, 5.41) is 14.5. The van der Waals surface area contributed by atoms with Crippen molar-refractivity contribution in [1.29, 1.82) is 0 Å². The van der Waals surface area contributed by atoms with Gasteiger partial charge in [-0.3, -0.25) is 0 Å². The number of fused-ring (bicyclic) bond motifs is 1. The molecule has 1 aliphatic rings. The molecule has 5 heteroatoms. The van der Waals surface area contributed by atoms with Gasteiger partial charge in [-0.2, -0.15) is 0 Å². The van der Waals surface area contributed by atoms with Crippen LogP contribution in [0.5, 0.6) is 0 Å². The molecule has 1 fully saturated rings. The predicted octanol–water partition coefficient (Wildman–Crippen LogP) is 2.60. The van der Waals surface area contributed by atoms with E-state index in [0.29, 0.717) is 0 Å². The Hall–Kier alpha value is -0.871. The van der Waals surface area contributed by atoms with Crippen molar-refractivity contribution < 1.29 is 5.21 Å². The molecule has 1 radical (unpaired) electrons. The Kier molecular flexibility index (Phi) is 3.45. The number of hydroxylamine groups is 2. The summed E-state index contributed by atoms with van der Waals surface area (Å²) in [4.78, 5) is 12.6. The number of piperidine rings is 1. The first-order chi connectivity index (χ1) is 9.72. The molecule has 0 N–H and O–H groups in total. The molecule has 21 heavy (non-hydrogen) atoms. The summed E-state index contributed by atoms with van der Waals surface area (Å²) >= 11 is 0.0373. The van der Waals surface area contributed by atoms with Crippen molar-refractivity contribution >= 4 is 24.4 Å². The van der Waals surface area contributed by atoms with Crippen molar-refractivity contribution in [2.75, 3.05) is 0 Å². The van der Waals surface area contributed by atoms with Crippen LogP contribution in [0.3, 0.4) is 0 Å². The second kappa shape index (κ2) is 4.82. The minimum absolute atomic E-state index is 0.0373. The number of hydrogen-bond acceptors (Lipinski definition) is 2. The van der Waals surface area contributed by atoms with Gasteiger partial charge in [0, 0.05) is 0 Å². The average Bonchev–Trinajstić information content (AvgIpc) is 2.73. The fourth-order valence-corrected chi connectivity index (χ4v) is 5.88. The molecule has 3 rings (SSSR count). The summed E-state index contributed by atoms with van der Waals surface area (Å²) in [7, 11) is 0. The summed E-state index contributed by atoms with van der Waals surface area (Å²) < 4.78 is 3.18. The minimum atomic E-state index is -0.433. The molecule has 0 spiro atoms. The Morgan fingerprint density at radius 3 is 2.24 bits per heavy atom. The summed E-state index contributed by atoms with van der Waals surface area (Å²) in [5.74, 6) is 0. The number of rotatable bonds is 1. The van der Waals surface area contributed by atoms with Crippen LogP contribution in [0.2, 0.25) is 0 Å². The third-order valence-electron chi connectivity index (χ3n) is 4.42. The second-order valence-electron chi connectivity index (χ2n) is 7.20. The Morgan fingerprint density at radius 1 is 1.10 bits per heavy atom. The van der Waals surface area contributed by atoms with E-state index in [1.165, 1.54) is 5.06 Å². The van der Waals surface area contributed by atoms with Crippen LogP contribution in [-0.2, 0) is 5.21 Å². The zero-order valence-electron chi connectivity index (χ0n) is 12.9. The maximum atomic E-state index is 12.6. The average molecular weight is 352 g/mol. The van der Waals surface area contributed by atoms with Gasteiger partial charge in [0.1, 0.15) is 0 Å². The molecule has 113 valence electrons. The zero-order valence-corrected chi connectivity index (χ0v) is 14.6. The van der Waals surface area contributed by atoms with E-state index in [-0.39, 0.29) is 26.3 Å². The Bertz CT molecular complexity index is 711. The van der Waals surface area contributed by atoms with Gasteiger partial charge >= 0.3 is 130 Å². The first-order valence-corrected chi connectivity index (χ1v) is 8.93. The van der Waals surface area contributed by atoms with Crippen molar-refractivity contribution in [2.45, 2.75) is 57.7 Å². The van der Waals surface area contributed by atoms with Crippen LogP contribution >= 0.6 is 0 Å². The molecule has 0 unspecified atom stereocenters. The number of nitrogens with zero attached hydrogens (tertiary/aromatic N) is 2. The molecule has 1 saturated heterocycles. The van der Waals surface area contributed by atoms with Gasteiger partial charge in [0.2, 0.25) is 0 Å². The number of aromatic nitrogens is 1. The van der Waals surface area contributed by atoms with Gasteiger partial charge in [0.05, 0.1) is 0 Å². The van der Waals surface area contributed by atoms with Crippen molar-refractivity contribution in [2.24, 2.45) is 0 Å². The van der Waals surface area contributed by atoms with E-state index in [9.17, 15) is 10.0 Å². The maximum absolute atomic E-state index is 12.6. The van der Waals surface area contributed by atoms with E-state index in [2.05, 4.69) is 0 Å². The molecule has 4 nitrogen and oxygen atoms in total. The molecule has 0 amide bonds. The standard InChI is InChI=1S/C16H21N2O2Se/c1-15(2)9-11(10-16(3,4)18(15)20)17-14(19)12-7-5-6-8-13(12)21-17/h5-8,11H,9-10H2,1-4H3. The molecule has 1 aromatic carbocycles. The van der Waals surface area contributed by atoms with Crippen LogP contribution in [-0.4, -0.2) is 34.4 Å². The zero-order chi connectivity index (χ0) is 15.4. The van der Waals surface area contributed by atoms with Gasteiger partial charge in [-0.05, 0) is 0 Å². The van der Waals surface area contributed by atoms with E-state index in [0.717, 1.165) is 22.5 Å². The molecule has 1 aromatic heterocycles. The van der Waals surface area contributed by atoms with E-state index < -0.39 is 11.1 Å². The fourth-order valence-electron chi connectivity index (χ4n) is 3.61. The summed E-state index contributed by atoms with van der Waals surface area (Å²) in [6.45, 7) is 7.92. The monoisotopic (exact) mass is 353 g/mol. The van der Waals surface area contributed by atoms with Crippen LogP contribution in [0, 0.1) is 0 Å². The Labute approximate surface area is 130 Å². The van der Waals surface area contributed by atoms with Crippen molar-refractivity contribution in [3.63, 3.8) is 0 Å². The first-order valence-electron chi connectivity index (χ1n) is 7.30. The van der Waals surface area contributed by atoms with Gasteiger partial charge in [-0.25, -0.2) is 0 Å². The number of benzene rings is 1. The fraction of sp³-hybridized carbons (Fsp3) is 0.562. The van der Waals surface area contributed by atoms with E-state index >= 15 is 0 Å². The van der Waals surface area contributed by atoms with Crippen LogP contribution in [0.1, 0.15) is 46.6 Å². The summed E-state index contributed by atoms with van der Waals surface area (Å²) in [6.07, 6.45) is 1.48. The van der Waals surface area contributed by atoms with Crippen LogP contribution in [0.15, 0.2) is 29.1 Å². The van der Waals surface area contributed by atoms with E-state index in [1.54, 1.807) is 0 Å². The van der Waals surface area contributed by atoms with Crippen molar-refractivity contribution in [3.8, 4) is 0 Å². The Morgan fingerprint density at radius 2 is 1.67 bits per heavy atom. The predicted molar refractivity (Wildman–Crippen MR) is 84.1 cm³/mol. The topological polar surface area (TPSA) is 45.1 Å². The van der Waals surface area contributed by atoms with Gasteiger partial charge in [-0.15, -0.1) is 0 Å². The van der Waals surface area contributed by atoms with E-state index in [1.807, 2.05) is 55.5 Å². The SMILES string of the molecule is CC1(C)CC(n2[se]c3ccccc3c2=O)CC(C)(C)N1[O]. The number of hydrogen-bond donors (Lipinski definition) is 0. The van der Waals surface area contributed by atoms with Gasteiger partial charge in [0.25, 0.3) is 0 Å². The third kappa shape index (κ3) is 2.42. The molecule has 2 aromatic rings. The normalized spacial score (nSPS) is 22.7. The second-order valence-corrected chi connectivity index (χ2v) is 9.33. The first kappa shape index (κ1) is 15.0.